The van der Waals surface area contributed by atoms with E-state index in [1.54, 1.807) is 6.20 Å². The molecule has 1 fully saturated rings. The maximum absolute atomic E-state index is 12.1. The van der Waals surface area contributed by atoms with E-state index in [-0.39, 0.29) is 18.0 Å². The summed E-state index contributed by atoms with van der Waals surface area (Å²) in [5.41, 5.74) is 3.06. The van der Waals surface area contributed by atoms with Crippen molar-refractivity contribution in [2.24, 2.45) is 5.92 Å². The molecule has 1 aliphatic rings. The van der Waals surface area contributed by atoms with Gasteiger partial charge in [-0.1, -0.05) is 36.1 Å². The summed E-state index contributed by atoms with van der Waals surface area (Å²) in [5.74, 6) is 0.837. The van der Waals surface area contributed by atoms with E-state index in [0.29, 0.717) is 10.8 Å². The van der Waals surface area contributed by atoms with Gasteiger partial charge in [0.2, 0.25) is 5.91 Å². The van der Waals surface area contributed by atoms with E-state index in [9.17, 15) is 4.79 Å². The first-order chi connectivity index (χ1) is 12.0. The fourth-order valence-corrected chi connectivity index (χ4v) is 3.13. The number of rotatable bonds is 3. The predicted octanol–water partition coefficient (Wildman–Crippen LogP) is 4.26. The second-order valence-electron chi connectivity index (χ2n) is 5.97. The Morgan fingerprint density at radius 2 is 1.88 bits per heavy atom. The van der Waals surface area contributed by atoms with E-state index in [0.717, 1.165) is 42.4 Å². The van der Waals surface area contributed by atoms with E-state index in [4.69, 9.17) is 21.2 Å². The van der Waals surface area contributed by atoms with Crippen molar-refractivity contribution in [2.45, 2.75) is 32.6 Å². The van der Waals surface area contributed by atoms with E-state index < -0.39 is 0 Å². The molecule has 1 heterocycles. The van der Waals surface area contributed by atoms with E-state index in [1.165, 1.54) is 0 Å². The van der Waals surface area contributed by atoms with Crippen molar-refractivity contribution in [1.29, 1.82) is 0 Å². The molecule has 5 nitrogen and oxygen atoms in total. The van der Waals surface area contributed by atoms with Gasteiger partial charge >= 0.3 is 6.15 Å². The summed E-state index contributed by atoms with van der Waals surface area (Å²) >= 11 is 6.24. The highest BCUT2D eigenvalue weighted by molar-refractivity contribution is 6.33. The fraction of sp³-hybridized carbons (Fsp3) is 0.316. The molecule has 1 aromatic heterocycles. The van der Waals surface area contributed by atoms with Crippen LogP contribution >= 0.6 is 11.6 Å². The summed E-state index contributed by atoms with van der Waals surface area (Å²) in [6.45, 7) is 2.03. The van der Waals surface area contributed by atoms with Gasteiger partial charge in [0.15, 0.2) is 0 Å². The smallest absolute Gasteiger partial charge is 0.310 e. The van der Waals surface area contributed by atoms with Gasteiger partial charge < -0.3 is 5.32 Å². The number of aromatic nitrogens is 1. The van der Waals surface area contributed by atoms with E-state index in [2.05, 4.69) is 10.3 Å². The molecule has 1 aliphatic carbocycles. The molecule has 1 amide bonds. The molecule has 3 rings (SSSR count). The van der Waals surface area contributed by atoms with Crippen LogP contribution in [0.1, 0.15) is 31.2 Å². The Bertz CT molecular complexity index is 763. The van der Waals surface area contributed by atoms with Crippen molar-refractivity contribution in [3.63, 3.8) is 0 Å². The molecule has 0 saturated heterocycles. The van der Waals surface area contributed by atoms with Crippen LogP contribution in [0.2, 0.25) is 5.02 Å². The molecule has 6 heteroatoms. The topological polar surface area (TPSA) is 76.1 Å². The summed E-state index contributed by atoms with van der Waals surface area (Å²) in [6, 6.07) is 9.69. The highest BCUT2D eigenvalue weighted by Crippen LogP contribution is 2.29. The van der Waals surface area contributed by atoms with Gasteiger partial charge in [-0.25, -0.2) is 4.98 Å². The fourth-order valence-electron chi connectivity index (χ4n) is 2.90. The van der Waals surface area contributed by atoms with Crippen LogP contribution in [0.4, 0.5) is 5.82 Å². The Morgan fingerprint density at radius 3 is 2.48 bits per heavy atom. The zero-order valence-electron chi connectivity index (χ0n) is 13.9. The van der Waals surface area contributed by atoms with Crippen molar-refractivity contribution in [3.8, 4) is 11.1 Å². The Labute approximate surface area is 151 Å². The lowest BCUT2D eigenvalue weighted by Gasteiger charge is -2.10. The monoisotopic (exact) mass is 358 g/mol. The van der Waals surface area contributed by atoms with Crippen LogP contribution in [-0.2, 0) is 14.4 Å². The molecule has 1 aromatic carbocycles. The van der Waals surface area contributed by atoms with Gasteiger partial charge in [-0.15, -0.1) is 0 Å². The van der Waals surface area contributed by atoms with Gasteiger partial charge in [0, 0.05) is 28.3 Å². The lowest BCUT2D eigenvalue weighted by molar-refractivity contribution is -0.191. The number of halogens is 1. The summed E-state index contributed by atoms with van der Waals surface area (Å²) in [6.07, 6.45) is 6.28. The number of amides is 1. The molecule has 0 atom stereocenters. The number of benzene rings is 1. The predicted molar refractivity (Wildman–Crippen MR) is 95.0 cm³/mol. The number of hydrogen-bond acceptors (Lipinski definition) is 4. The van der Waals surface area contributed by atoms with Gasteiger partial charge in [0.05, 0.1) is 0 Å². The van der Waals surface area contributed by atoms with Crippen LogP contribution in [0.15, 0.2) is 36.5 Å². The lowest BCUT2D eigenvalue weighted by atomic mass is 10.1. The molecule has 25 heavy (non-hydrogen) atoms. The average Bonchev–Trinajstić information content (AvgIpc) is 3.13. The number of carbonyl (C=O) groups excluding carboxylic acids is 3. The van der Waals surface area contributed by atoms with Crippen molar-refractivity contribution in [2.75, 3.05) is 5.32 Å². The van der Waals surface area contributed by atoms with Crippen LogP contribution in [0, 0.1) is 12.8 Å². The first-order valence-corrected chi connectivity index (χ1v) is 8.45. The zero-order valence-corrected chi connectivity index (χ0v) is 14.7. The maximum atomic E-state index is 12.1. The quantitative estimate of drug-likeness (QED) is 0.889. The third kappa shape index (κ3) is 5.24. The number of anilines is 1. The van der Waals surface area contributed by atoms with Crippen LogP contribution in [0.5, 0.6) is 0 Å². The van der Waals surface area contributed by atoms with Crippen molar-refractivity contribution < 1.29 is 14.4 Å². The van der Waals surface area contributed by atoms with Crippen LogP contribution in [0.3, 0.4) is 0 Å². The molecule has 0 bridgehead atoms. The first-order valence-electron chi connectivity index (χ1n) is 8.08. The number of aryl methyl sites for hydroxylation is 1. The molecule has 0 unspecified atom stereocenters. The second-order valence-corrected chi connectivity index (χ2v) is 6.38. The van der Waals surface area contributed by atoms with Gasteiger partial charge in [0.1, 0.15) is 5.82 Å². The Hall–Kier alpha value is -2.49. The molecule has 0 radical (unpaired) electrons. The van der Waals surface area contributed by atoms with Gasteiger partial charge in [0.25, 0.3) is 0 Å². The number of nitrogens with zero attached hydrogens (tertiary/aromatic N) is 1. The van der Waals surface area contributed by atoms with Crippen LogP contribution < -0.4 is 5.32 Å². The molecular formula is C19H19ClN2O3. The normalized spacial score (nSPS) is 13.5. The highest BCUT2D eigenvalue weighted by Gasteiger charge is 2.22. The lowest BCUT2D eigenvalue weighted by Crippen LogP contribution is -2.20. The van der Waals surface area contributed by atoms with Crippen molar-refractivity contribution in [1.82, 2.24) is 4.98 Å². The Balaban J connectivity index is 0.000000701. The third-order valence-corrected chi connectivity index (χ3v) is 4.50. The summed E-state index contributed by atoms with van der Waals surface area (Å²) in [4.78, 5) is 32.7. The number of pyridine rings is 1. The summed E-state index contributed by atoms with van der Waals surface area (Å²) in [5, 5.41) is 3.61. The molecular weight excluding hydrogens is 340 g/mol. The Kier molecular flexibility index (Phi) is 6.87. The molecule has 130 valence electrons. The molecule has 1 saturated carbocycles. The van der Waals surface area contributed by atoms with Crippen LogP contribution in [0.25, 0.3) is 11.1 Å². The third-order valence-electron chi connectivity index (χ3n) is 4.17. The van der Waals surface area contributed by atoms with Gasteiger partial charge in [-0.2, -0.15) is 9.59 Å². The minimum atomic E-state index is 0.0892. The molecule has 2 aromatic rings. The summed E-state index contributed by atoms with van der Waals surface area (Å²) in [7, 11) is 0. The van der Waals surface area contributed by atoms with Crippen LogP contribution in [-0.4, -0.2) is 17.0 Å². The van der Waals surface area contributed by atoms with E-state index in [1.807, 2.05) is 37.3 Å². The largest absolute Gasteiger partial charge is 0.373 e. The maximum Gasteiger partial charge on any atom is 0.373 e. The molecule has 0 aliphatic heterocycles. The van der Waals surface area contributed by atoms with Crippen molar-refractivity contribution >= 4 is 29.5 Å². The van der Waals surface area contributed by atoms with Crippen molar-refractivity contribution in [3.05, 3.63) is 47.1 Å². The highest BCUT2D eigenvalue weighted by atomic mass is 35.5. The van der Waals surface area contributed by atoms with Gasteiger partial charge in [-0.05, 0) is 44.0 Å². The average molecular weight is 359 g/mol. The number of carbonyl (C=O) groups is 1. The Morgan fingerprint density at radius 1 is 1.20 bits per heavy atom. The summed E-state index contributed by atoms with van der Waals surface area (Å²) < 4.78 is 0. The zero-order chi connectivity index (χ0) is 18.2. The number of nitrogens with one attached hydrogen (secondary N) is 1. The standard InChI is InChI=1S/C18H19ClN2O.CO2/c1-12-6-8-16(19)15(10-12)14-7-9-17(20-11-14)21-18(22)13-4-2-3-5-13;2-1-3/h6-11,13H,2-5H2,1H3,(H,20,21,22);. The van der Waals surface area contributed by atoms with Gasteiger partial charge in [-0.3, -0.25) is 4.79 Å². The minimum Gasteiger partial charge on any atom is -0.310 e. The SMILES string of the molecule is Cc1ccc(Cl)c(-c2ccc(NC(=O)C3CCCC3)nc2)c1.O=C=O. The number of hydrogen-bond donors (Lipinski definition) is 1. The minimum absolute atomic E-state index is 0.0892. The first kappa shape index (κ1) is 18.8. The molecule has 0 spiro atoms. The molecule has 1 N–H and O–H groups in total. The van der Waals surface area contributed by atoms with E-state index >= 15 is 0 Å². The second kappa shape index (κ2) is 9.11.